The van der Waals surface area contributed by atoms with Gasteiger partial charge in [0.1, 0.15) is 6.61 Å². The van der Waals surface area contributed by atoms with Crippen molar-refractivity contribution in [3.63, 3.8) is 0 Å². The van der Waals surface area contributed by atoms with Gasteiger partial charge in [0.15, 0.2) is 0 Å². The van der Waals surface area contributed by atoms with Gasteiger partial charge in [-0.2, -0.15) is 0 Å². The van der Waals surface area contributed by atoms with Crippen LogP contribution in [0.15, 0.2) is 24.3 Å². The fraction of sp³-hybridized carbons (Fsp3) is 0.231. The Morgan fingerprint density at radius 3 is 2.33 bits per heavy atom. The summed E-state index contributed by atoms with van der Waals surface area (Å²) in [5.74, 6) is 10.6. The van der Waals surface area contributed by atoms with E-state index in [2.05, 4.69) is 23.7 Å². The molecule has 0 heterocycles. The van der Waals surface area contributed by atoms with E-state index in [1.807, 2.05) is 43.3 Å². The summed E-state index contributed by atoms with van der Waals surface area (Å²) in [6, 6.07) is 7.90. The van der Waals surface area contributed by atoms with E-state index < -0.39 is 0 Å². The first kappa shape index (κ1) is 11.2. The highest BCUT2D eigenvalue weighted by Gasteiger charge is 1.92. The predicted molar refractivity (Wildman–Crippen MR) is 62.5 cm³/mol. The van der Waals surface area contributed by atoms with E-state index in [1.165, 1.54) is 0 Å². The van der Waals surface area contributed by atoms with Crippen LogP contribution >= 0.6 is 0 Å². The number of nitrogens with zero attached hydrogens (tertiary/aromatic N) is 1. The lowest BCUT2D eigenvalue weighted by atomic mass is 10.2. The number of hydrogen-bond donors (Lipinski definition) is 1. The lowest BCUT2D eigenvalue weighted by Gasteiger charge is -2.11. The van der Waals surface area contributed by atoms with Crippen LogP contribution in [-0.4, -0.2) is 25.8 Å². The third kappa shape index (κ3) is 3.77. The van der Waals surface area contributed by atoms with E-state index >= 15 is 0 Å². The Morgan fingerprint density at radius 1 is 1.13 bits per heavy atom. The van der Waals surface area contributed by atoms with Crippen molar-refractivity contribution in [2.24, 2.45) is 0 Å². The Balaban J connectivity index is 2.75. The maximum Gasteiger partial charge on any atom is 0.105 e. The average Bonchev–Trinajstić information content (AvgIpc) is 2.25. The minimum Gasteiger partial charge on any atom is -0.384 e. The first-order chi connectivity index (χ1) is 7.24. The van der Waals surface area contributed by atoms with Gasteiger partial charge in [-0.05, 0) is 36.1 Å². The molecule has 76 valence electrons. The van der Waals surface area contributed by atoms with E-state index in [1.54, 1.807) is 0 Å². The van der Waals surface area contributed by atoms with Crippen LogP contribution < -0.4 is 4.90 Å². The molecule has 0 amide bonds. The molecule has 1 aromatic carbocycles. The second-order valence-corrected chi connectivity index (χ2v) is 3.15. The maximum atomic E-state index is 8.41. The second kappa shape index (κ2) is 5.75. The van der Waals surface area contributed by atoms with Gasteiger partial charge in [0.2, 0.25) is 0 Å². The van der Waals surface area contributed by atoms with E-state index in [9.17, 15) is 0 Å². The maximum absolute atomic E-state index is 8.41. The average molecular weight is 199 g/mol. The van der Waals surface area contributed by atoms with Crippen LogP contribution in [-0.2, 0) is 0 Å². The summed E-state index contributed by atoms with van der Waals surface area (Å²) in [6.07, 6.45) is 0. The molecule has 1 N–H and O–H groups in total. The van der Waals surface area contributed by atoms with Crippen molar-refractivity contribution in [1.29, 1.82) is 0 Å². The molecule has 2 heteroatoms. The number of aliphatic hydroxyl groups excluding tert-OH is 1. The summed E-state index contributed by atoms with van der Waals surface area (Å²) in [5, 5.41) is 8.41. The molecule has 0 radical (unpaired) electrons. The van der Waals surface area contributed by atoms with Gasteiger partial charge in [0, 0.05) is 25.3 Å². The smallest absolute Gasteiger partial charge is 0.105 e. The molecule has 0 atom stereocenters. The highest BCUT2D eigenvalue weighted by Crippen LogP contribution is 2.11. The Kier molecular flexibility index (Phi) is 4.29. The second-order valence-electron chi connectivity index (χ2n) is 3.15. The van der Waals surface area contributed by atoms with Gasteiger partial charge in [-0.1, -0.05) is 11.8 Å². The molecule has 0 aliphatic heterocycles. The number of benzene rings is 1. The SMILES string of the molecule is CN(C)c1ccc(C#CC#CCO)cc1. The molecule has 0 aliphatic rings. The molecule has 1 aromatic rings. The summed E-state index contributed by atoms with van der Waals surface area (Å²) in [6.45, 7) is -0.145. The third-order valence-corrected chi connectivity index (χ3v) is 1.82. The molecule has 0 spiro atoms. The molecule has 1 rings (SSSR count). The van der Waals surface area contributed by atoms with E-state index in [0.717, 1.165) is 11.3 Å². The lowest BCUT2D eigenvalue weighted by Crippen LogP contribution is -2.07. The van der Waals surface area contributed by atoms with Crippen LogP contribution in [0.1, 0.15) is 5.56 Å². The monoisotopic (exact) mass is 199 g/mol. The van der Waals surface area contributed by atoms with Crippen molar-refractivity contribution in [2.75, 3.05) is 25.6 Å². The van der Waals surface area contributed by atoms with Gasteiger partial charge in [0.05, 0.1) is 0 Å². The fourth-order valence-corrected chi connectivity index (χ4v) is 1.03. The first-order valence-corrected chi connectivity index (χ1v) is 4.61. The van der Waals surface area contributed by atoms with Gasteiger partial charge in [-0.15, -0.1) is 0 Å². The molecule has 0 saturated heterocycles. The van der Waals surface area contributed by atoms with Crippen LogP contribution in [0.2, 0.25) is 0 Å². The molecule has 0 saturated carbocycles. The van der Waals surface area contributed by atoms with Gasteiger partial charge in [-0.25, -0.2) is 0 Å². The van der Waals surface area contributed by atoms with Crippen LogP contribution in [0.5, 0.6) is 0 Å². The van der Waals surface area contributed by atoms with Crippen LogP contribution in [0, 0.1) is 23.7 Å². The summed E-state index contributed by atoms with van der Waals surface area (Å²) in [5.41, 5.74) is 2.06. The molecule has 0 bridgehead atoms. The standard InChI is InChI=1S/C13H13NO/c1-14(2)13-9-7-12(8-10-13)6-4-3-5-11-15/h7-10,15H,11H2,1-2H3. The number of anilines is 1. The fourth-order valence-electron chi connectivity index (χ4n) is 1.03. The normalized spacial score (nSPS) is 8.20. The molecule has 2 nitrogen and oxygen atoms in total. The van der Waals surface area contributed by atoms with Crippen molar-refractivity contribution in [3.8, 4) is 23.7 Å². The third-order valence-electron chi connectivity index (χ3n) is 1.82. The predicted octanol–water partition coefficient (Wildman–Crippen LogP) is 1.10. The molecular weight excluding hydrogens is 186 g/mol. The molecular formula is C13H13NO. The Hall–Kier alpha value is -1.90. The van der Waals surface area contributed by atoms with Gasteiger partial charge >= 0.3 is 0 Å². The molecule has 0 unspecified atom stereocenters. The molecule has 0 aliphatic carbocycles. The minimum absolute atomic E-state index is 0.145. The number of hydrogen-bond acceptors (Lipinski definition) is 2. The number of rotatable bonds is 1. The lowest BCUT2D eigenvalue weighted by molar-refractivity contribution is 0.350. The topological polar surface area (TPSA) is 23.5 Å². The zero-order valence-corrected chi connectivity index (χ0v) is 8.91. The highest BCUT2D eigenvalue weighted by atomic mass is 16.2. The van der Waals surface area contributed by atoms with Crippen LogP contribution in [0.25, 0.3) is 0 Å². The highest BCUT2D eigenvalue weighted by molar-refractivity contribution is 5.50. The minimum atomic E-state index is -0.145. The van der Waals surface area contributed by atoms with Crippen LogP contribution in [0.3, 0.4) is 0 Å². The number of aliphatic hydroxyl groups is 1. The summed E-state index contributed by atoms with van der Waals surface area (Å²) < 4.78 is 0. The Bertz CT molecular complexity index is 424. The molecule has 0 fully saturated rings. The largest absolute Gasteiger partial charge is 0.384 e. The van der Waals surface area contributed by atoms with Crippen molar-refractivity contribution < 1.29 is 5.11 Å². The van der Waals surface area contributed by atoms with Crippen molar-refractivity contribution >= 4 is 5.69 Å². The van der Waals surface area contributed by atoms with Gasteiger partial charge in [0.25, 0.3) is 0 Å². The van der Waals surface area contributed by atoms with Gasteiger partial charge in [-0.3, -0.25) is 0 Å². The summed E-state index contributed by atoms with van der Waals surface area (Å²) in [4.78, 5) is 2.03. The van der Waals surface area contributed by atoms with Crippen molar-refractivity contribution in [2.45, 2.75) is 0 Å². The Labute approximate surface area is 90.5 Å². The first-order valence-electron chi connectivity index (χ1n) is 4.61. The molecule has 15 heavy (non-hydrogen) atoms. The van der Waals surface area contributed by atoms with Crippen LogP contribution in [0.4, 0.5) is 5.69 Å². The van der Waals surface area contributed by atoms with E-state index in [0.29, 0.717) is 0 Å². The van der Waals surface area contributed by atoms with Gasteiger partial charge < -0.3 is 10.0 Å². The summed E-state index contributed by atoms with van der Waals surface area (Å²) >= 11 is 0. The van der Waals surface area contributed by atoms with E-state index in [4.69, 9.17) is 5.11 Å². The van der Waals surface area contributed by atoms with Crippen molar-refractivity contribution in [3.05, 3.63) is 29.8 Å². The molecule has 0 aromatic heterocycles. The Morgan fingerprint density at radius 2 is 1.80 bits per heavy atom. The van der Waals surface area contributed by atoms with E-state index in [-0.39, 0.29) is 6.61 Å². The zero-order chi connectivity index (χ0) is 11.1. The van der Waals surface area contributed by atoms with Crippen molar-refractivity contribution in [1.82, 2.24) is 0 Å². The summed E-state index contributed by atoms with van der Waals surface area (Å²) in [7, 11) is 3.99. The zero-order valence-electron chi connectivity index (χ0n) is 8.91. The quantitative estimate of drug-likeness (QED) is 0.685.